The molecule has 1 unspecified atom stereocenters. The Kier molecular flexibility index (Phi) is 4.59. The number of ether oxygens (including phenoxy) is 1. The zero-order chi connectivity index (χ0) is 13.0. The van der Waals surface area contributed by atoms with E-state index in [9.17, 15) is 4.39 Å². The van der Waals surface area contributed by atoms with Crippen molar-refractivity contribution in [3.8, 4) is 5.75 Å². The van der Waals surface area contributed by atoms with Crippen LogP contribution in [0.5, 0.6) is 5.75 Å². The highest BCUT2D eigenvalue weighted by atomic mass is 19.1. The molecule has 100 valence electrons. The summed E-state index contributed by atoms with van der Waals surface area (Å²) in [7, 11) is 0. The molecule has 0 heterocycles. The standard InChI is InChI=1S/C15H22FNO/c1-11-9-13(7-8-14(11)16)18-10-15(17)12-5-3-2-4-6-12/h7-9,12,15H,2-6,10,17H2,1H3. The molecule has 3 heteroatoms. The van der Waals surface area contributed by atoms with Gasteiger partial charge in [-0.05, 0) is 49.4 Å². The van der Waals surface area contributed by atoms with E-state index >= 15 is 0 Å². The maximum Gasteiger partial charge on any atom is 0.126 e. The molecule has 0 bridgehead atoms. The van der Waals surface area contributed by atoms with Crippen molar-refractivity contribution in [2.45, 2.75) is 45.1 Å². The third kappa shape index (κ3) is 3.45. The van der Waals surface area contributed by atoms with Crippen molar-refractivity contribution in [2.24, 2.45) is 11.7 Å². The van der Waals surface area contributed by atoms with Gasteiger partial charge < -0.3 is 10.5 Å². The highest BCUT2D eigenvalue weighted by molar-refractivity contribution is 5.28. The Morgan fingerprint density at radius 1 is 1.33 bits per heavy atom. The van der Waals surface area contributed by atoms with Crippen LogP contribution in [0.2, 0.25) is 0 Å². The lowest BCUT2D eigenvalue weighted by molar-refractivity contribution is 0.213. The maximum absolute atomic E-state index is 13.1. The molecule has 1 aliphatic carbocycles. The SMILES string of the molecule is Cc1cc(OCC(N)C2CCCCC2)ccc1F. The first-order chi connectivity index (χ1) is 8.66. The molecule has 0 aromatic heterocycles. The summed E-state index contributed by atoms with van der Waals surface area (Å²) >= 11 is 0. The summed E-state index contributed by atoms with van der Waals surface area (Å²) in [6.45, 7) is 2.26. The molecule has 0 aliphatic heterocycles. The van der Waals surface area contributed by atoms with Crippen LogP contribution in [-0.4, -0.2) is 12.6 Å². The number of rotatable bonds is 4. The molecule has 18 heavy (non-hydrogen) atoms. The van der Waals surface area contributed by atoms with Crippen molar-refractivity contribution in [3.05, 3.63) is 29.6 Å². The zero-order valence-electron chi connectivity index (χ0n) is 11.0. The minimum absolute atomic E-state index is 0.0932. The largest absolute Gasteiger partial charge is 0.492 e. The minimum atomic E-state index is -0.195. The second-order valence-corrected chi connectivity index (χ2v) is 5.28. The van der Waals surface area contributed by atoms with E-state index in [1.54, 1.807) is 19.1 Å². The summed E-state index contributed by atoms with van der Waals surface area (Å²) in [6.07, 6.45) is 6.34. The third-order valence-electron chi connectivity index (χ3n) is 3.83. The minimum Gasteiger partial charge on any atom is -0.492 e. The second-order valence-electron chi connectivity index (χ2n) is 5.28. The fourth-order valence-corrected chi connectivity index (χ4v) is 2.60. The molecule has 0 amide bonds. The van der Waals surface area contributed by atoms with Gasteiger partial charge >= 0.3 is 0 Å². The summed E-state index contributed by atoms with van der Waals surface area (Å²) in [5, 5.41) is 0. The molecule has 1 fully saturated rings. The van der Waals surface area contributed by atoms with Gasteiger partial charge in [-0.25, -0.2) is 4.39 Å². The van der Waals surface area contributed by atoms with E-state index in [0.717, 1.165) is 0 Å². The summed E-state index contributed by atoms with van der Waals surface area (Å²) in [4.78, 5) is 0. The Hall–Kier alpha value is -1.09. The number of nitrogens with two attached hydrogens (primary N) is 1. The summed E-state index contributed by atoms with van der Waals surface area (Å²) < 4.78 is 18.8. The molecule has 1 aromatic carbocycles. The van der Waals surface area contributed by atoms with E-state index in [1.165, 1.54) is 38.2 Å². The topological polar surface area (TPSA) is 35.2 Å². The van der Waals surface area contributed by atoms with Gasteiger partial charge in [-0.3, -0.25) is 0 Å². The molecule has 0 saturated heterocycles. The molecule has 0 radical (unpaired) electrons. The van der Waals surface area contributed by atoms with Gasteiger partial charge in [0.05, 0.1) is 0 Å². The third-order valence-corrected chi connectivity index (χ3v) is 3.83. The lowest BCUT2D eigenvalue weighted by Crippen LogP contribution is -2.37. The molecule has 1 saturated carbocycles. The van der Waals surface area contributed by atoms with Crippen molar-refractivity contribution in [2.75, 3.05) is 6.61 Å². The van der Waals surface area contributed by atoms with Crippen molar-refractivity contribution < 1.29 is 9.13 Å². The molecular formula is C15H22FNO. The van der Waals surface area contributed by atoms with Crippen molar-refractivity contribution >= 4 is 0 Å². The van der Waals surface area contributed by atoms with Crippen LogP contribution >= 0.6 is 0 Å². The molecule has 2 N–H and O–H groups in total. The molecule has 1 atom stereocenters. The van der Waals surface area contributed by atoms with Gasteiger partial charge in [0, 0.05) is 6.04 Å². The molecule has 2 nitrogen and oxygen atoms in total. The lowest BCUT2D eigenvalue weighted by atomic mass is 9.84. The molecule has 2 rings (SSSR count). The summed E-state index contributed by atoms with van der Waals surface area (Å²) in [5.41, 5.74) is 6.78. The van der Waals surface area contributed by atoms with Crippen LogP contribution in [0.25, 0.3) is 0 Å². The smallest absolute Gasteiger partial charge is 0.126 e. The Bertz CT molecular complexity index is 388. The van der Waals surface area contributed by atoms with E-state index in [2.05, 4.69) is 0 Å². The first-order valence-corrected chi connectivity index (χ1v) is 6.81. The first kappa shape index (κ1) is 13.3. The van der Waals surface area contributed by atoms with Gasteiger partial charge in [-0.15, -0.1) is 0 Å². The predicted octanol–water partition coefficient (Wildman–Crippen LogP) is 3.42. The average Bonchev–Trinajstić information content (AvgIpc) is 2.41. The quantitative estimate of drug-likeness (QED) is 0.890. The fraction of sp³-hybridized carbons (Fsp3) is 0.600. The van der Waals surface area contributed by atoms with Gasteiger partial charge in [-0.2, -0.15) is 0 Å². The van der Waals surface area contributed by atoms with E-state index in [0.29, 0.717) is 23.8 Å². The van der Waals surface area contributed by atoms with E-state index < -0.39 is 0 Å². The lowest BCUT2D eigenvalue weighted by Gasteiger charge is -2.27. The Balaban J connectivity index is 1.84. The molecule has 0 spiro atoms. The maximum atomic E-state index is 13.1. The van der Waals surface area contributed by atoms with Gasteiger partial charge in [-0.1, -0.05) is 19.3 Å². The van der Waals surface area contributed by atoms with Crippen LogP contribution in [0.15, 0.2) is 18.2 Å². The Morgan fingerprint density at radius 2 is 2.06 bits per heavy atom. The van der Waals surface area contributed by atoms with E-state index in [4.69, 9.17) is 10.5 Å². The van der Waals surface area contributed by atoms with Crippen LogP contribution in [0.1, 0.15) is 37.7 Å². The number of hydrogen-bond acceptors (Lipinski definition) is 2. The van der Waals surface area contributed by atoms with Gasteiger partial charge in [0.1, 0.15) is 18.2 Å². The molecule has 1 aliphatic rings. The highest BCUT2D eigenvalue weighted by Gasteiger charge is 2.20. The van der Waals surface area contributed by atoms with Crippen LogP contribution in [0.3, 0.4) is 0 Å². The Morgan fingerprint density at radius 3 is 2.72 bits per heavy atom. The van der Waals surface area contributed by atoms with E-state index in [-0.39, 0.29) is 11.9 Å². The molecular weight excluding hydrogens is 229 g/mol. The van der Waals surface area contributed by atoms with Crippen molar-refractivity contribution in [1.29, 1.82) is 0 Å². The van der Waals surface area contributed by atoms with E-state index in [1.807, 2.05) is 0 Å². The van der Waals surface area contributed by atoms with Gasteiger partial charge in [0.2, 0.25) is 0 Å². The van der Waals surface area contributed by atoms with Crippen LogP contribution in [0, 0.1) is 18.7 Å². The Labute approximate surface area is 108 Å². The monoisotopic (exact) mass is 251 g/mol. The highest BCUT2D eigenvalue weighted by Crippen LogP contribution is 2.26. The zero-order valence-corrected chi connectivity index (χ0v) is 11.0. The summed E-state index contributed by atoms with van der Waals surface area (Å²) in [6, 6.07) is 4.92. The summed E-state index contributed by atoms with van der Waals surface area (Å²) in [5.74, 6) is 1.10. The number of hydrogen-bond donors (Lipinski definition) is 1. The number of halogens is 1. The normalized spacial score (nSPS) is 18.6. The van der Waals surface area contributed by atoms with Crippen LogP contribution < -0.4 is 10.5 Å². The average molecular weight is 251 g/mol. The van der Waals surface area contributed by atoms with Gasteiger partial charge in [0.25, 0.3) is 0 Å². The first-order valence-electron chi connectivity index (χ1n) is 6.81. The van der Waals surface area contributed by atoms with Crippen molar-refractivity contribution in [3.63, 3.8) is 0 Å². The fourth-order valence-electron chi connectivity index (χ4n) is 2.60. The number of benzene rings is 1. The second kappa shape index (κ2) is 6.19. The number of aryl methyl sites for hydroxylation is 1. The predicted molar refractivity (Wildman–Crippen MR) is 71.2 cm³/mol. The van der Waals surface area contributed by atoms with Crippen LogP contribution in [-0.2, 0) is 0 Å². The van der Waals surface area contributed by atoms with Crippen molar-refractivity contribution in [1.82, 2.24) is 0 Å². The molecule has 1 aromatic rings. The van der Waals surface area contributed by atoms with Gasteiger partial charge in [0.15, 0.2) is 0 Å². The van der Waals surface area contributed by atoms with Crippen LogP contribution in [0.4, 0.5) is 4.39 Å².